The van der Waals surface area contributed by atoms with E-state index < -0.39 is 0 Å². The van der Waals surface area contributed by atoms with Gasteiger partial charge in [-0.3, -0.25) is 0 Å². The molecule has 3 rings (SSSR count). The molecule has 0 radical (unpaired) electrons. The average molecular weight is 448 g/mol. The van der Waals surface area contributed by atoms with Gasteiger partial charge in [0.1, 0.15) is 6.10 Å². The summed E-state index contributed by atoms with van der Waals surface area (Å²) in [5.74, 6) is 0. The molecule has 0 saturated carbocycles. The van der Waals surface area contributed by atoms with Crippen molar-refractivity contribution in [3.63, 3.8) is 0 Å². The lowest BCUT2D eigenvalue weighted by Gasteiger charge is -2.21. The van der Waals surface area contributed by atoms with Crippen molar-refractivity contribution < 1.29 is 9.84 Å². The monoisotopic (exact) mass is 446 g/mol. The molecule has 0 amide bonds. The molecule has 3 aromatic rings. The lowest BCUT2D eigenvalue weighted by Crippen LogP contribution is -2.12. The molecule has 0 bridgehead atoms. The highest BCUT2D eigenvalue weighted by Gasteiger charge is 2.17. The minimum absolute atomic E-state index is 0.286. The number of hydrogen-bond acceptors (Lipinski definition) is 3. The molecule has 27 heavy (non-hydrogen) atoms. The predicted molar refractivity (Wildman–Crippen MR) is 111 cm³/mol. The van der Waals surface area contributed by atoms with Crippen LogP contribution in [-0.4, -0.2) is 21.8 Å². The standard InChI is InChI=1S/C18H14Cl4N2O.CH4O/c19-13-2-1-12(16(21)7-13)10-25-18(9-24-6-5-23-11-24)15-4-3-14(20)8-17(15)22;1-2/h1-8,11,18H,9-10H2;2H,1H3. The first-order valence-electron chi connectivity index (χ1n) is 7.94. The number of ether oxygens (including phenoxy) is 1. The third kappa shape index (κ3) is 6.39. The number of imidazole rings is 1. The van der Waals surface area contributed by atoms with E-state index in [4.69, 9.17) is 56.2 Å². The molecule has 1 aromatic heterocycles. The molecular formula is C19H18Cl4N2O2. The van der Waals surface area contributed by atoms with Gasteiger partial charge in [-0.25, -0.2) is 4.98 Å². The van der Waals surface area contributed by atoms with E-state index in [9.17, 15) is 0 Å². The Balaban J connectivity index is 0.00000126. The molecule has 0 aliphatic heterocycles. The summed E-state index contributed by atoms with van der Waals surface area (Å²) in [5, 5.41) is 9.29. The van der Waals surface area contributed by atoms with Crippen molar-refractivity contribution in [2.24, 2.45) is 0 Å². The van der Waals surface area contributed by atoms with Crippen LogP contribution in [0.2, 0.25) is 20.1 Å². The highest BCUT2D eigenvalue weighted by molar-refractivity contribution is 6.35. The van der Waals surface area contributed by atoms with E-state index in [1.807, 2.05) is 22.9 Å². The number of hydrogen-bond donors (Lipinski definition) is 1. The van der Waals surface area contributed by atoms with Crippen molar-refractivity contribution in [1.29, 1.82) is 0 Å². The second kappa shape index (κ2) is 10.9. The fraction of sp³-hybridized carbons (Fsp3) is 0.211. The summed E-state index contributed by atoms with van der Waals surface area (Å²) >= 11 is 24.5. The summed E-state index contributed by atoms with van der Waals surface area (Å²) in [6, 6.07) is 10.7. The molecule has 1 atom stereocenters. The van der Waals surface area contributed by atoms with Crippen LogP contribution >= 0.6 is 46.4 Å². The van der Waals surface area contributed by atoms with Gasteiger partial charge in [-0.1, -0.05) is 58.5 Å². The fourth-order valence-corrected chi connectivity index (χ4v) is 3.41. The molecule has 1 N–H and O–H groups in total. The second-order valence-corrected chi connectivity index (χ2v) is 7.15. The molecule has 0 aliphatic carbocycles. The van der Waals surface area contributed by atoms with Crippen LogP contribution in [0.15, 0.2) is 55.1 Å². The van der Waals surface area contributed by atoms with Crippen molar-refractivity contribution in [2.75, 3.05) is 7.11 Å². The molecule has 0 aliphatic rings. The first-order valence-corrected chi connectivity index (χ1v) is 9.45. The van der Waals surface area contributed by atoms with Gasteiger partial charge in [-0.05, 0) is 29.8 Å². The fourth-order valence-electron chi connectivity index (χ4n) is 2.42. The number of aliphatic hydroxyl groups excluding tert-OH is 1. The Bertz CT molecular complexity index is 857. The Hall–Kier alpha value is -1.27. The Labute approximate surface area is 178 Å². The van der Waals surface area contributed by atoms with Crippen LogP contribution in [-0.2, 0) is 17.9 Å². The van der Waals surface area contributed by atoms with Crippen LogP contribution in [0.5, 0.6) is 0 Å². The molecule has 0 saturated heterocycles. The second-order valence-electron chi connectivity index (χ2n) is 5.46. The third-order valence-electron chi connectivity index (χ3n) is 3.70. The largest absolute Gasteiger partial charge is 0.400 e. The van der Waals surface area contributed by atoms with Crippen molar-refractivity contribution in [3.8, 4) is 0 Å². The molecule has 1 heterocycles. The Morgan fingerprint density at radius 3 is 2.26 bits per heavy atom. The van der Waals surface area contributed by atoms with Crippen LogP contribution in [0, 0.1) is 0 Å². The summed E-state index contributed by atoms with van der Waals surface area (Å²) < 4.78 is 8.05. The van der Waals surface area contributed by atoms with Gasteiger partial charge < -0.3 is 14.4 Å². The highest BCUT2D eigenvalue weighted by Crippen LogP contribution is 2.31. The first-order chi connectivity index (χ1) is 13.0. The Morgan fingerprint density at radius 2 is 1.67 bits per heavy atom. The van der Waals surface area contributed by atoms with Crippen molar-refractivity contribution >= 4 is 46.4 Å². The number of halogens is 4. The molecule has 2 aromatic carbocycles. The highest BCUT2D eigenvalue weighted by atomic mass is 35.5. The van der Waals surface area contributed by atoms with E-state index in [1.165, 1.54) is 0 Å². The molecule has 1 unspecified atom stereocenters. The van der Waals surface area contributed by atoms with Crippen LogP contribution < -0.4 is 0 Å². The van der Waals surface area contributed by atoms with Crippen molar-refractivity contribution in [3.05, 3.63) is 86.3 Å². The summed E-state index contributed by atoms with van der Waals surface area (Å²) in [6.45, 7) is 0.890. The zero-order valence-electron chi connectivity index (χ0n) is 14.4. The van der Waals surface area contributed by atoms with Gasteiger partial charge in [0.05, 0.1) is 19.5 Å². The van der Waals surface area contributed by atoms with E-state index in [-0.39, 0.29) is 6.10 Å². The number of rotatable bonds is 6. The minimum Gasteiger partial charge on any atom is -0.400 e. The third-order valence-corrected chi connectivity index (χ3v) is 4.85. The zero-order chi connectivity index (χ0) is 19.8. The van der Waals surface area contributed by atoms with Gasteiger partial charge in [0.15, 0.2) is 0 Å². The number of aliphatic hydroxyl groups is 1. The molecule has 4 nitrogen and oxygen atoms in total. The Morgan fingerprint density at radius 1 is 1.00 bits per heavy atom. The lowest BCUT2D eigenvalue weighted by molar-refractivity contribution is 0.0281. The van der Waals surface area contributed by atoms with Crippen molar-refractivity contribution in [2.45, 2.75) is 19.3 Å². The van der Waals surface area contributed by atoms with Gasteiger partial charge >= 0.3 is 0 Å². The van der Waals surface area contributed by atoms with Crippen LogP contribution in [0.4, 0.5) is 0 Å². The quantitative estimate of drug-likeness (QED) is 0.499. The topological polar surface area (TPSA) is 47.3 Å². The number of benzene rings is 2. The van der Waals surface area contributed by atoms with E-state index in [0.717, 1.165) is 18.2 Å². The lowest BCUT2D eigenvalue weighted by atomic mass is 10.1. The average Bonchev–Trinajstić information content (AvgIpc) is 3.15. The molecule has 8 heteroatoms. The van der Waals surface area contributed by atoms with Gasteiger partial charge in [0, 0.05) is 45.2 Å². The molecule has 144 valence electrons. The summed E-state index contributed by atoms with van der Waals surface area (Å²) in [5.41, 5.74) is 1.71. The summed E-state index contributed by atoms with van der Waals surface area (Å²) in [7, 11) is 1.00. The van der Waals surface area contributed by atoms with E-state index in [1.54, 1.807) is 36.8 Å². The SMILES string of the molecule is CO.Clc1ccc(COC(Cn2ccnc2)c2ccc(Cl)cc2Cl)c(Cl)c1. The molecule has 0 spiro atoms. The maximum atomic E-state index is 7.00. The van der Waals surface area contributed by atoms with Crippen LogP contribution in [0.25, 0.3) is 0 Å². The Kier molecular flexibility index (Phi) is 8.90. The summed E-state index contributed by atoms with van der Waals surface area (Å²) in [6.07, 6.45) is 5.03. The van der Waals surface area contributed by atoms with Gasteiger partial charge in [0.25, 0.3) is 0 Å². The molecular weight excluding hydrogens is 430 g/mol. The van der Waals surface area contributed by atoms with E-state index in [0.29, 0.717) is 33.2 Å². The van der Waals surface area contributed by atoms with Gasteiger partial charge in [-0.15, -0.1) is 0 Å². The van der Waals surface area contributed by atoms with Gasteiger partial charge in [-0.2, -0.15) is 0 Å². The minimum atomic E-state index is -0.286. The maximum Gasteiger partial charge on any atom is 0.102 e. The number of nitrogens with zero attached hydrogens (tertiary/aromatic N) is 2. The van der Waals surface area contributed by atoms with Gasteiger partial charge in [0.2, 0.25) is 0 Å². The summed E-state index contributed by atoms with van der Waals surface area (Å²) in [4.78, 5) is 4.07. The normalized spacial score (nSPS) is 11.6. The molecule has 0 fully saturated rings. The zero-order valence-corrected chi connectivity index (χ0v) is 17.5. The maximum absolute atomic E-state index is 7.00. The predicted octanol–water partition coefficient (Wildman–Crippen LogP) is 6.06. The van der Waals surface area contributed by atoms with E-state index in [2.05, 4.69) is 4.98 Å². The van der Waals surface area contributed by atoms with Crippen LogP contribution in [0.1, 0.15) is 17.2 Å². The van der Waals surface area contributed by atoms with Crippen molar-refractivity contribution in [1.82, 2.24) is 9.55 Å². The van der Waals surface area contributed by atoms with E-state index >= 15 is 0 Å². The first kappa shape index (κ1) is 22.0. The number of aromatic nitrogens is 2. The smallest absolute Gasteiger partial charge is 0.102 e. The van der Waals surface area contributed by atoms with Crippen LogP contribution in [0.3, 0.4) is 0 Å².